The molecule has 0 saturated carbocycles. The standard InChI is InChI=1S/H3NO6S2.2Na/c2-8(3,4)1-9(5,6)7;;/h1H,(H,2,3,4)(H,5,6,7);;. The Bertz CT molecular complexity index is 244. The molecule has 0 spiro atoms. The Hall–Kier alpha value is 1.78. The predicted octanol–water partition coefficient (Wildman–Crippen LogP) is -2.58. The predicted molar refractivity (Wildman–Crippen MR) is 37.7 cm³/mol. The van der Waals surface area contributed by atoms with E-state index in [2.05, 4.69) is 0 Å². The summed E-state index contributed by atoms with van der Waals surface area (Å²) in [4.78, 5) is 0. The van der Waals surface area contributed by atoms with E-state index >= 15 is 0 Å². The number of rotatable bonds is 2. The molecule has 0 heterocycles. The van der Waals surface area contributed by atoms with Crippen LogP contribution in [-0.2, 0) is 20.6 Å². The smallest absolute Gasteiger partial charge is 0.273 e. The van der Waals surface area contributed by atoms with Crippen molar-refractivity contribution in [3.05, 3.63) is 0 Å². The Morgan fingerprint density at radius 1 is 0.818 bits per heavy atom. The van der Waals surface area contributed by atoms with Crippen LogP contribution in [0.5, 0.6) is 0 Å². The molecule has 3 N–H and O–H groups in total. The molecular weight excluding hydrogens is 220 g/mol. The van der Waals surface area contributed by atoms with Crippen molar-refractivity contribution < 1.29 is 25.9 Å². The minimum absolute atomic E-state index is 0. The maximum atomic E-state index is 9.55. The molecule has 2 radical (unpaired) electrons. The molecular formula is H3NNa2O6S2. The number of nitrogens with one attached hydrogen (secondary N) is 1. The topological polar surface area (TPSA) is 121 Å². The zero-order chi connectivity index (χ0) is 7.71. The fourth-order valence-corrected chi connectivity index (χ4v) is 1.20. The first kappa shape index (κ1) is 18.5. The Morgan fingerprint density at radius 3 is 1.00 bits per heavy atom. The van der Waals surface area contributed by atoms with Crippen LogP contribution in [0.1, 0.15) is 0 Å². The summed E-state index contributed by atoms with van der Waals surface area (Å²) in [6.45, 7) is 0. The van der Waals surface area contributed by atoms with Gasteiger partial charge in [-0.15, -0.1) is 0 Å². The Labute approximate surface area is 108 Å². The summed E-state index contributed by atoms with van der Waals surface area (Å²) in [5.74, 6) is 0. The van der Waals surface area contributed by atoms with Gasteiger partial charge in [0.2, 0.25) is 0 Å². The van der Waals surface area contributed by atoms with Gasteiger partial charge in [-0.2, -0.15) is 16.8 Å². The molecule has 0 bridgehead atoms. The SMILES string of the molecule is O=S(=O)(O)NS(=O)(=O)O.[Na].[Na]. The van der Waals surface area contributed by atoms with Crippen LogP contribution < -0.4 is 4.13 Å². The second-order valence-electron chi connectivity index (χ2n) is 1.03. The van der Waals surface area contributed by atoms with Crippen molar-refractivity contribution in [1.82, 2.24) is 4.13 Å². The Morgan fingerprint density at radius 2 is 1.00 bits per heavy atom. The molecule has 0 atom stereocenters. The van der Waals surface area contributed by atoms with Crippen molar-refractivity contribution in [3.8, 4) is 0 Å². The molecule has 0 saturated heterocycles. The molecule has 11 heteroatoms. The third kappa shape index (κ3) is 18.6. The first-order chi connectivity index (χ1) is 3.71. The normalized spacial score (nSPS) is 11.1. The number of hydrogen-bond acceptors (Lipinski definition) is 4. The van der Waals surface area contributed by atoms with Crippen molar-refractivity contribution in [1.29, 1.82) is 0 Å². The van der Waals surface area contributed by atoms with E-state index in [0.29, 0.717) is 4.13 Å². The molecule has 0 aliphatic carbocycles. The van der Waals surface area contributed by atoms with Gasteiger partial charge in [0.25, 0.3) is 0 Å². The minimum atomic E-state index is -4.87. The van der Waals surface area contributed by atoms with Gasteiger partial charge in [0.15, 0.2) is 0 Å². The van der Waals surface area contributed by atoms with Crippen LogP contribution in [0, 0.1) is 0 Å². The van der Waals surface area contributed by atoms with E-state index in [1.54, 1.807) is 0 Å². The average Bonchev–Trinajstić information content (AvgIpc) is 1.14. The average molecular weight is 223 g/mol. The monoisotopic (exact) mass is 223 g/mol. The van der Waals surface area contributed by atoms with Gasteiger partial charge >= 0.3 is 20.6 Å². The second kappa shape index (κ2) is 6.27. The van der Waals surface area contributed by atoms with Crippen molar-refractivity contribution in [2.45, 2.75) is 0 Å². The summed E-state index contributed by atoms with van der Waals surface area (Å²) >= 11 is 0. The van der Waals surface area contributed by atoms with Gasteiger partial charge < -0.3 is 0 Å². The maximum absolute atomic E-state index is 9.55. The number of hydrogen-bond donors (Lipinski definition) is 3. The van der Waals surface area contributed by atoms with Gasteiger partial charge in [-0.25, -0.2) is 0 Å². The third-order valence-corrected chi connectivity index (χ3v) is 1.90. The van der Waals surface area contributed by atoms with Crippen molar-refractivity contribution in [2.75, 3.05) is 0 Å². The Balaban J connectivity index is -0.000000320. The molecule has 0 aliphatic heterocycles. The van der Waals surface area contributed by atoms with Gasteiger partial charge in [-0.1, -0.05) is 4.13 Å². The molecule has 0 aromatic carbocycles. The van der Waals surface area contributed by atoms with Crippen LogP contribution >= 0.6 is 0 Å². The quantitative estimate of drug-likeness (QED) is 0.349. The summed E-state index contributed by atoms with van der Waals surface area (Å²) < 4.78 is 54.1. The van der Waals surface area contributed by atoms with E-state index in [4.69, 9.17) is 9.11 Å². The molecule has 0 unspecified atom stereocenters. The first-order valence-corrected chi connectivity index (χ1v) is 4.32. The van der Waals surface area contributed by atoms with E-state index in [0.717, 1.165) is 0 Å². The Kier molecular flexibility index (Phi) is 10.6. The van der Waals surface area contributed by atoms with Gasteiger partial charge in [-0.05, 0) is 0 Å². The van der Waals surface area contributed by atoms with Crippen molar-refractivity contribution in [3.63, 3.8) is 0 Å². The van der Waals surface area contributed by atoms with Crippen LogP contribution in [0.2, 0.25) is 0 Å². The van der Waals surface area contributed by atoms with E-state index < -0.39 is 20.6 Å². The third-order valence-electron chi connectivity index (χ3n) is 0.211. The summed E-state index contributed by atoms with van der Waals surface area (Å²) in [6.07, 6.45) is 0. The van der Waals surface area contributed by atoms with E-state index in [-0.39, 0.29) is 59.1 Å². The molecule has 0 rings (SSSR count). The van der Waals surface area contributed by atoms with Crippen LogP contribution in [0.4, 0.5) is 0 Å². The molecule has 0 aliphatic rings. The van der Waals surface area contributed by atoms with Gasteiger partial charge in [0, 0.05) is 59.1 Å². The van der Waals surface area contributed by atoms with E-state index in [1.165, 1.54) is 0 Å². The molecule has 58 valence electrons. The van der Waals surface area contributed by atoms with Gasteiger partial charge in [0.1, 0.15) is 0 Å². The van der Waals surface area contributed by atoms with Gasteiger partial charge in [0.05, 0.1) is 0 Å². The molecule has 0 fully saturated rings. The zero-order valence-electron chi connectivity index (χ0n) is 5.84. The fourth-order valence-electron chi connectivity index (χ4n) is 0.133. The van der Waals surface area contributed by atoms with E-state index in [1.807, 2.05) is 0 Å². The maximum Gasteiger partial charge on any atom is 0.348 e. The molecule has 0 amide bonds. The zero-order valence-corrected chi connectivity index (χ0v) is 11.5. The van der Waals surface area contributed by atoms with Crippen LogP contribution in [-0.4, -0.2) is 85.1 Å². The minimum Gasteiger partial charge on any atom is -0.273 e. The van der Waals surface area contributed by atoms with Crippen molar-refractivity contribution in [2.24, 2.45) is 0 Å². The summed E-state index contributed by atoms with van der Waals surface area (Å²) in [5, 5.41) is 0. The van der Waals surface area contributed by atoms with E-state index in [9.17, 15) is 16.8 Å². The van der Waals surface area contributed by atoms with Gasteiger partial charge in [-0.3, -0.25) is 9.11 Å². The van der Waals surface area contributed by atoms with Crippen LogP contribution in [0.15, 0.2) is 0 Å². The summed E-state index contributed by atoms with van der Waals surface area (Å²) in [5.41, 5.74) is 0. The van der Waals surface area contributed by atoms with Crippen molar-refractivity contribution >= 4 is 79.7 Å². The fraction of sp³-hybridized carbons (Fsp3) is 0. The largest absolute Gasteiger partial charge is 0.348 e. The molecule has 0 aromatic heterocycles. The molecule has 0 aromatic rings. The summed E-state index contributed by atoms with van der Waals surface area (Å²) in [7, 11) is -9.74. The van der Waals surface area contributed by atoms with Crippen LogP contribution in [0.3, 0.4) is 0 Å². The summed E-state index contributed by atoms with van der Waals surface area (Å²) in [6, 6.07) is 0. The molecule has 7 nitrogen and oxygen atoms in total. The molecule has 11 heavy (non-hydrogen) atoms. The second-order valence-corrected chi connectivity index (χ2v) is 3.60. The van der Waals surface area contributed by atoms with Crippen LogP contribution in [0.25, 0.3) is 0 Å². The first-order valence-electron chi connectivity index (χ1n) is 1.44.